The monoisotopic (exact) mass is 670 g/mol. The van der Waals surface area contributed by atoms with Crippen molar-refractivity contribution in [1.82, 2.24) is 15.6 Å². The molecule has 0 bridgehead atoms. The molecule has 1 saturated carbocycles. The number of carboxylic acid groups (broad SMARTS) is 1. The first kappa shape index (κ1) is 34.4. The molecule has 0 saturated heterocycles. The molecule has 1 fully saturated rings. The third-order valence-corrected chi connectivity index (χ3v) is 9.61. The van der Waals surface area contributed by atoms with E-state index >= 15 is 0 Å². The number of carbonyl (C=O) groups excluding carboxylic acids is 3. The van der Waals surface area contributed by atoms with Crippen molar-refractivity contribution in [2.75, 3.05) is 12.4 Å². The highest BCUT2D eigenvalue weighted by Crippen LogP contribution is 2.31. The normalized spacial score (nSPS) is 16.6. The molecular formula is C37H39ClN4O6. The van der Waals surface area contributed by atoms with Crippen molar-refractivity contribution in [1.29, 1.82) is 0 Å². The van der Waals surface area contributed by atoms with E-state index in [0.29, 0.717) is 22.5 Å². The lowest BCUT2D eigenvalue weighted by molar-refractivity contribution is -0.130. The maximum Gasteiger partial charge on any atom is 0.341 e. The summed E-state index contributed by atoms with van der Waals surface area (Å²) in [5.74, 6) is -1.70. The number of H-pyrrole nitrogens is 1. The first-order valence-electron chi connectivity index (χ1n) is 16.1. The van der Waals surface area contributed by atoms with Gasteiger partial charge in [-0.3, -0.25) is 19.2 Å². The number of hydrogen-bond acceptors (Lipinski definition) is 5. The highest BCUT2D eigenvalue weighted by Gasteiger charge is 2.29. The maximum atomic E-state index is 13.7. The zero-order chi connectivity index (χ0) is 34.5. The van der Waals surface area contributed by atoms with Gasteiger partial charge in [-0.05, 0) is 91.1 Å². The van der Waals surface area contributed by atoms with Crippen molar-refractivity contribution in [2.45, 2.75) is 58.4 Å². The zero-order valence-corrected chi connectivity index (χ0v) is 27.9. The van der Waals surface area contributed by atoms with Gasteiger partial charge >= 0.3 is 5.97 Å². The van der Waals surface area contributed by atoms with Gasteiger partial charge in [0.05, 0.1) is 10.6 Å². The van der Waals surface area contributed by atoms with Gasteiger partial charge in [-0.15, -0.1) is 0 Å². The maximum absolute atomic E-state index is 13.7. The van der Waals surface area contributed by atoms with E-state index in [1.165, 1.54) is 25.4 Å². The number of aryl methyl sites for hydroxylation is 1. The Labute approximate surface area is 283 Å². The van der Waals surface area contributed by atoms with Gasteiger partial charge in [0, 0.05) is 42.2 Å². The van der Waals surface area contributed by atoms with Crippen molar-refractivity contribution in [3.63, 3.8) is 0 Å². The summed E-state index contributed by atoms with van der Waals surface area (Å²) in [6.45, 7) is 4.02. The molecule has 5 rings (SSSR count). The third-order valence-electron chi connectivity index (χ3n) is 9.30. The summed E-state index contributed by atoms with van der Waals surface area (Å²) >= 11 is 6.32. The van der Waals surface area contributed by atoms with Crippen LogP contribution in [0.5, 0.6) is 0 Å². The van der Waals surface area contributed by atoms with Crippen LogP contribution in [-0.2, 0) is 16.0 Å². The van der Waals surface area contributed by atoms with Crippen LogP contribution >= 0.6 is 11.6 Å². The van der Waals surface area contributed by atoms with E-state index in [4.69, 9.17) is 11.6 Å². The number of pyridine rings is 1. The number of rotatable bonds is 10. The van der Waals surface area contributed by atoms with Crippen LogP contribution in [0.15, 0.2) is 65.6 Å². The molecule has 3 aromatic carbocycles. The van der Waals surface area contributed by atoms with Crippen LogP contribution in [0.25, 0.3) is 22.0 Å². The first-order chi connectivity index (χ1) is 23.0. The molecule has 250 valence electrons. The summed E-state index contributed by atoms with van der Waals surface area (Å²) in [5, 5.41) is 18.2. The highest BCUT2D eigenvalue weighted by atomic mass is 35.5. The van der Waals surface area contributed by atoms with Crippen LogP contribution in [0.4, 0.5) is 5.69 Å². The van der Waals surface area contributed by atoms with Crippen LogP contribution < -0.4 is 21.4 Å². The predicted octanol–water partition coefficient (Wildman–Crippen LogP) is 6.10. The van der Waals surface area contributed by atoms with Crippen LogP contribution in [0.3, 0.4) is 0 Å². The number of aromatic amines is 1. The summed E-state index contributed by atoms with van der Waals surface area (Å²) in [4.78, 5) is 66.1. The van der Waals surface area contributed by atoms with Crippen molar-refractivity contribution in [3.05, 3.63) is 98.3 Å². The summed E-state index contributed by atoms with van der Waals surface area (Å²) < 4.78 is 0. The SMILES string of the molecule is CCC1CCC(C(=O)N[C@@H](Cc2ccc(-c3cc4[nH]cc(C(=O)O)c(=O)c4cc3C)cc2)C(=O)Nc2ccc(C(=O)NC)c(Cl)c2)CC1. The number of fused-ring (bicyclic) bond motifs is 1. The number of amides is 3. The molecular weight excluding hydrogens is 632 g/mol. The van der Waals surface area contributed by atoms with Gasteiger partial charge in [0.2, 0.25) is 17.2 Å². The largest absolute Gasteiger partial charge is 0.477 e. The Bertz CT molecular complexity index is 1930. The number of carbonyl (C=O) groups is 4. The molecule has 10 nitrogen and oxygen atoms in total. The van der Waals surface area contributed by atoms with E-state index in [1.807, 2.05) is 37.3 Å². The summed E-state index contributed by atoms with van der Waals surface area (Å²) in [7, 11) is 1.51. The number of anilines is 1. The van der Waals surface area contributed by atoms with Gasteiger partial charge in [0.15, 0.2) is 0 Å². The molecule has 1 heterocycles. The topological polar surface area (TPSA) is 157 Å². The number of aromatic carboxylic acids is 1. The van der Waals surface area contributed by atoms with E-state index in [-0.39, 0.29) is 40.3 Å². The Morgan fingerprint density at radius 2 is 1.69 bits per heavy atom. The molecule has 48 heavy (non-hydrogen) atoms. The molecule has 1 aliphatic rings. The second-order valence-corrected chi connectivity index (χ2v) is 12.8. The van der Waals surface area contributed by atoms with Gasteiger partial charge in [0.25, 0.3) is 5.91 Å². The highest BCUT2D eigenvalue weighted by molar-refractivity contribution is 6.34. The average molecular weight is 671 g/mol. The van der Waals surface area contributed by atoms with Crippen molar-refractivity contribution in [2.24, 2.45) is 11.8 Å². The van der Waals surface area contributed by atoms with E-state index < -0.39 is 23.3 Å². The molecule has 0 spiro atoms. The second-order valence-electron chi connectivity index (χ2n) is 12.4. The Hall–Kier alpha value is -4.96. The molecule has 1 aliphatic carbocycles. The number of carboxylic acids is 1. The smallest absolute Gasteiger partial charge is 0.341 e. The first-order valence-corrected chi connectivity index (χ1v) is 16.5. The third kappa shape index (κ3) is 7.60. The molecule has 5 N–H and O–H groups in total. The van der Waals surface area contributed by atoms with Gasteiger partial charge in [-0.1, -0.05) is 49.2 Å². The van der Waals surface area contributed by atoms with E-state index in [9.17, 15) is 29.1 Å². The fourth-order valence-corrected chi connectivity index (χ4v) is 6.64. The van der Waals surface area contributed by atoms with E-state index in [1.54, 1.807) is 12.1 Å². The molecule has 0 radical (unpaired) electrons. The quantitative estimate of drug-likeness (QED) is 0.137. The lowest BCUT2D eigenvalue weighted by Gasteiger charge is -2.28. The van der Waals surface area contributed by atoms with Gasteiger partial charge in [0.1, 0.15) is 11.6 Å². The lowest BCUT2D eigenvalue weighted by Crippen LogP contribution is -2.47. The van der Waals surface area contributed by atoms with Crippen molar-refractivity contribution in [3.8, 4) is 11.1 Å². The number of benzene rings is 3. The molecule has 3 amide bonds. The van der Waals surface area contributed by atoms with Gasteiger partial charge in [-0.25, -0.2) is 4.79 Å². The fourth-order valence-electron chi connectivity index (χ4n) is 6.37. The fraction of sp³-hybridized carbons (Fsp3) is 0.324. The summed E-state index contributed by atoms with van der Waals surface area (Å²) in [6.07, 6.45) is 6.09. The number of halogens is 1. The number of aromatic nitrogens is 1. The zero-order valence-electron chi connectivity index (χ0n) is 27.1. The standard InChI is InChI=1S/C37H39ClN4O6/c1-4-21-5-11-24(12-6-21)34(44)42-32(36(46)41-25-13-14-26(30(38)17-25)35(45)39-3)16-22-7-9-23(10-8-22)27-18-31-28(15-20(27)2)33(43)29(19-40-31)37(47)48/h7-10,13-15,17-19,21,24,32H,4-6,11-12,16H2,1-3H3,(H,39,45)(H,40,43)(H,41,46)(H,42,44)(H,47,48)/t21?,24?,32-/m0/s1. The molecule has 1 aromatic heterocycles. The summed E-state index contributed by atoms with van der Waals surface area (Å²) in [6, 6.07) is 14.9. The van der Waals surface area contributed by atoms with E-state index in [0.717, 1.165) is 54.4 Å². The minimum atomic E-state index is -1.29. The van der Waals surface area contributed by atoms with Gasteiger partial charge in [-0.2, -0.15) is 0 Å². The minimum absolute atomic E-state index is 0.138. The van der Waals surface area contributed by atoms with Crippen LogP contribution in [-0.4, -0.2) is 46.9 Å². The Kier molecular flexibility index (Phi) is 10.6. The van der Waals surface area contributed by atoms with E-state index in [2.05, 4.69) is 27.9 Å². The number of hydrogen-bond donors (Lipinski definition) is 5. The second kappa shape index (κ2) is 14.9. The Balaban J connectivity index is 1.37. The Morgan fingerprint density at radius 3 is 2.31 bits per heavy atom. The molecule has 0 unspecified atom stereocenters. The molecule has 11 heteroatoms. The Morgan fingerprint density at radius 1 is 0.979 bits per heavy atom. The summed E-state index contributed by atoms with van der Waals surface area (Å²) in [5.41, 5.74) is 3.67. The average Bonchev–Trinajstić information content (AvgIpc) is 3.08. The minimum Gasteiger partial charge on any atom is -0.477 e. The molecule has 4 aromatic rings. The molecule has 0 aliphatic heterocycles. The van der Waals surface area contributed by atoms with Crippen LogP contribution in [0.1, 0.15) is 70.9 Å². The molecule has 1 atom stereocenters. The van der Waals surface area contributed by atoms with Crippen LogP contribution in [0, 0.1) is 18.8 Å². The number of nitrogens with one attached hydrogen (secondary N) is 4. The lowest BCUT2D eigenvalue weighted by atomic mass is 9.80. The van der Waals surface area contributed by atoms with Crippen molar-refractivity contribution < 1.29 is 24.3 Å². The van der Waals surface area contributed by atoms with Crippen molar-refractivity contribution >= 4 is 51.9 Å². The van der Waals surface area contributed by atoms with Crippen LogP contribution in [0.2, 0.25) is 5.02 Å². The van der Waals surface area contributed by atoms with Gasteiger partial charge < -0.3 is 26.0 Å². The predicted molar refractivity (Wildman–Crippen MR) is 187 cm³/mol.